The molecule has 1 fully saturated rings. The molecule has 1 heterocycles. The van der Waals surface area contributed by atoms with Crippen molar-refractivity contribution in [1.82, 2.24) is 4.90 Å². The summed E-state index contributed by atoms with van der Waals surface area (Å²) >= 11 is 5.81. The number of carbonyl (C=O) groups is 2. The highest BCUT2D eigenvalue weighted by molar-refractivity contribution is 8.26. The first kappa shape index (κ1) is 15.1. The maximum Gasteiger partial charge on any atom is 0.276 e. The lowest BCUT2D eigenvalue weighted by Crippen LogP contribution is -2.40. The number of para-hydroxylation sites is 1. The molecule has 108 valence electrons. The number of amides is 1. The number of nitrogens with zero attached hydrogens (tertiary/aromatic N) is 2. The second-order valence-electron chi connectivity index (χ2n) is 3.96. The molecule has 0 atom stereocenters. The van der Waals surface area contributed by atoms with Crippen molar-refractivity contribution in [2.24, 2.45) is 0 Å². The lowest BCUT2D eigenvalue weighted by atomic mass is 10.1. The van der Waals surface area contributed by atoms with Gasteiger partial charge in [0.05, 0.1) is 27.9 Å². The summed E-state index contributed by atoms with van der Waals surface area (Å²) in [5.41, 5.74) is 0.0964. The van der Waals surface area contributed by atoms with Crippen LogP contribution < -0.4 is 5.11 Å². The van der Waals surface area contributed by atoms with Crippen LogP contribution in [-0.4, -0.2) is 32.6 Å². The summed E-state index contributed by atoms with van der Waals surface area (Å²) < 4.78 is 0.0778. The number of thiocarbonyl (C=S) groups is 1. The first-order valence-electron chi connectivity index (χ1n) is 5.59. The number of carboxylic acids is 1. The van der Waals surface area contributed by atoms with Crippen LogP contribution in [0.4, 0.5) is 5.69 Å². The fourth-order valence-electron chi connectivity index (χ4n) is 1.68. The lowest BCUT2D eigenvalue weighted by molar-refractivity contribution is -0.385. The van der Waals surface area contributed by atoms with Crippen molar-refractivity contribution < 1.29 is 19.6 Å². The van der Waals surface area contributed by atoms with Gasteiger partial charge < -0.3 is 9.90 Å². The van der Waals surface area contributed by atoms with Gasteiger partial charge in [-0.2, -0.15) is 0 Å². The quantitative estimate of drug-likeness (QED) is 0.345. The number of nitro benzene ring substituents is 1. The highest BCUT2D eigenvalue weighted by Crippen LogP contribution is 2.33. The molecule has 0 spiro atoms. The normalized spacial score (nSPS) is 16.6. The molecule has 1 aromatic carbocycles. The third-order valence-corrected chi connectivity index (χ3v) is 3.96. The molecule has 0 aliphatic carbocycles. The number of thioether (sulfide) groups is 1. The Balaban J connectivity index is 2.35. The Morgan fingerprint density at radius 2 is 2.10 bits per heavy atom. The van der Waals surface area contributed by atoms with E-state index in [1.54, 1.807) is 6.07 Å². The van der Waals surface area contributed by atoms with E-state index in [0.29, 0.717) is 0 Å². The van der Waals surface area contributed by atoms with Crippen LogP contribution in [0.1, 0.15) is 5.56 Å². The molecule has 2 rings (SSSR count). The summed E-state index contributed by atoms with van der Waals surface area (Å²) in [7, 11) is 0. The number of benzene rings is 1. The fourth-order valence-corrected chi connectivity index (χ4v) is 2.93. The van der Waals surface area contributed by atoms with Gasteiger partial charge >= 0.3 is 0 Å². The molecule has 7 nitrogen and oxygen atoms in total. The smallest absolute Gasteiger partial charge is 0.276 e. The standard InChI is InChI=1S/C12H8N2O5S2/c15-10(16)6-13-11(17)9(21-12(13)20)5-7-3-1-2-4-8(7)14(18)19/h1-5H,6H2,(H,15,16)/p-1/b9-5-. The van der Waals surface area contributed by atoms with Crippen molar-refractivity contribution in [1.29, 1.82) is 0 Å². The third-order valence-electron chi connectivity index (χ3n) is 2.58. The predicted octanol–water partition coefficient (Wildman–Crippen LogP) is 0.546. The Kier molecular flexibility index (Phi) is 4.34. The van der Waals surface area contributed by atoms with Gasteiger partial charge in [-0.3, -0.25) is 19.8 Å². The van der Waals surface area contributed by atoms with Gasteiger partial charge in [0, 0.05) is 6.07 Å². The Morgan fingerprint density at radius 1 is 1.43 bits per heavy atom. The molecule has 1 aliphatic heterocycles. The monoisotopic (exact) mass is 323 g/mol. The van der Waals surface area contributed by atoms with Gasteiger partial charge in [0.2, 0.25) is 0 Å². The third kappa shape index (κ3) is 3.26. The first-order valence-corrected chi connectivity index (χ1v) is 6.81. The highest BCUT2D eigenvalue weighted by Gasteiger charge is 2.32. The van der Waals surface area contributed by atoms with Crippen molar-refractivity contribution in [2.75, 3.05) is 6.54 Å². The van der Waals surface area contributed by atoms with E-state index < -0.39 is 23.3 Å². The minimum atomic E-state index is -1.43. The van der Waals surface area contributed by atoms with Gasteiger partial charge in [-0.05, 0) is 12.1 Å². The van der Waals surface area contributed by atoms with Gasteiger partial charge in [0.1, 0.15) is 4.32 Å². The maximum atomic E-state index is 12.0. The van der Waals surface area contributed by atoms with Crippen LogP contribution in [-0.2, 0) is 9.59 Å². The summed E-state index contributed by atoms with van der Waals surface area (Å²) in [6.07, 6.45) is 1.33. The minimum Gasteiger partial charge on any atom is -0.548 e. The lowest BCUT2D eigenvalue weighted by Gasteiger charge is -2.14. The summed E-state index contributed by atoms with van der Waals surface area (Å²) in [5, 5.41) is 21.5. The zero-order valence-electron chi connectivity index (χ0n) is 10.3. The summed E-state index contributed by atoms with van der Waals surface area (Å²) in [4.78, 5) is 34.0. The van der Waals surface area contributed by atoms with Crippen LogP contribution >= 0.6 is 24.0 Å². The van der Waals surface area contributed by atoms with Crippen LogP contribution in [0, 0.1) is 10.1 Å². The van der Waals surface area contributed by atoms with Gasteiger partial charge in [-0.15, -0.1) is 0 Å². The molecule has 0 bridgehead atoms. The van der Waals surface area contributed by atoms with E-state index >= 15 is 0 Å². The van der Waals surface area contributed by atoms with E-state index in [1.165, 1.54) is 24.3 Å². The molecule has 9 heteroatoms. The number of aliphatic carboxylic acids is 1. The Morgan fingerprint density at radius 3 is 2.71 bits per heavy atom. The molecule has 0 unspecified atom stereocenters. The van der Waals surface area contributed by atoms with Crippen molar-refractivity contribution >= 4 is 51.9 Å². The largest absolute Gasteiger partial charge is 0.548 e. The van der Waals surface area contributed by atoms with Gasteiger partial charge in [-0.1, -0.05) is 36.1 Å². The maximum absolute atomic E-state index is 12.0. The predicted molar refractivity (Wildman–Crippen MR) is 78.0 cm³/mol. The number of hydrogen-bond donors (Lipinski definition) is 0. The number of rotatable bonds is 4. The molecule has 0 saturated carbocycles. The van der Waals surface area contributed by atoms with Crippen LogP contribution in [0.5, 0.6) is 0 Å². The minimum absolute atomic E-state index is 0.0778. The molecule has 0 N–H and O–H groups in total. The summed E-state index contributed by atoms with van der Waals surface area (Å²) in [6.45, 7) is -0.640. The zero-order chi connectivity index (χ0) is 15.6. The molecule has 1 aliphatic rings. The van der Waals surface area contributed by atoms with Crippen molar-refractivity contribution in [3.05, 3.63) is 44.8 Å². The summed E-state index contributed by atoms with van der Waals surface area (Å²) in [6, 6.07) is 5.91. The van der Waals surface area contributed by atoms with Crippen molar-refractivity contribution in [2.45, 2.75) is 0 Å². The topological polar surface area (TPSA) is 104 Å². The molecular weight excluding hydrogens is 316 g/mol. The zero-order valence-corrected chi connectivity index (χ0v) is 12.0. The Bertz CT molecular complexity index is 686. The van der Waals surface area contributed by atoms with Crippen LogP contribution in [0.15, 0.2) is 29.2 Å². The Hall–Kier alpha value is -2.26. The van der Waals surface area contributed by atoms with Crippen molar-refractivity contribution in [3.63, 3.8) is 0 Å². The Labute approximate surface area is 128 Å². The molecule has 21 heavy (non-hydrogen) atoms. The second-order valence-corrected chi connectivity index (χ2v) is 5.63. The molecule has 1 saturated heterocycles. The average molecular weight is 323 g/mol. The van der Waals surface area contributed by atoms with Crippen LogP contribution in [0.2, 0.25) is 0 Å². The van der Waals surface area contributed by atoms with E-state index in [-0.39, 0.29) is 20.5 Å². The van der Waals surface area contributed by atoms with E-state index in [4.69, 9.17) is 12.2 Å². The summed E-state index contributed by atoms with van der Waals surface area (Å²) in [5.74, 6) is -2.04. The van der Waals surface area contributed by atoms with E-state index in [1.807, 2.05) is 0 Å². The van der Waals surface area contributed by atoms with E-state index in [0.717, 1.165) is 16.7 Å². The number of nitro groups is 1. The van der Waals surface area contributed by atoms with E-state index in [9.17, 15) is 24.8 Å². The van der Waals surface area contributed by atoms with E-state index in [2.05, 4.69) is 0 Å². The van der Waals surface area contributed by atoms with Crippen LogP contribution in [0.3, 0.4) is 0 Å². The molecule has 1 amide bonds. The fraction of sp³-hybridized carbons (Fsp3) is 0.0833. The highest BCUT2D eigenvalue weighted by atomic mass is 32.2. The average Bonchev–Trinajstić information content (AvgIpc) is 2.66. The number of carboxylic acid groups (broad SMARTS) is 1. The molecular formula is C12H7N2O5S2-. The molecule has 0 aromatic heterocycles. The van der Waals surface area contributed by atoms with Gasteiger partial charge in [-0.25, -0.2) is 0 Å². The number of carbonyl (C=O) groups excluding carboxylic acids is 2. The van der Waals surface area contributed by atoms with Crippen LogP contribution in [0.25, 0.3) is 6.08 Å². The first-order chi connectivity index (χ1) is 9.90. The number of hydrogen-bond acceptors (Lipinski definition) is 7. The van der Waals surface area contributed by atoms with Gasteiger partial charge in [0.15, 0.2) is 0 Å². The SMILES string of the molecule is O=C([O-])CN1C(=O)/C(=C/c2ccccc2[N+](=O)[O-])SC1=S. The van der Waals surface area contributed by atoms with Gasteiger partial charge in [0.25, 0.3) is 11.6 Å². The van der Waals surface area contributed by atoms with Crippen molar-refractivity contribution in [3.8, 4) is 0 Å². The molecule has 1 aromatic rings. The molecule has 0 radical (unpaired) electrons. The second kappa shape index (κ2) is 6.02.